The van der Waals surface area contributed by atoms with Crippen LogP contribution in [-0.4, -0.2) is 17.1 Å². The van der Waals surface area contributed by atoms with Crippen molar-refractivity contribution in [2.24, 2.45) is 5.73 Å². The largest absolute Gasteiger partial charge is 0.495 e. The van der Waals surface area contributed by atoms with Gasteiger partial charge in [0.2, 0.25) is 0 Å². The number of benzene rings is 1. The Hall–Kier alpha value is -2.46. The molecule has 0 aliphatic heterocycles. The summed E-state index contributed by atoms with van der Waals surface area (Å²) in [5, 5.41) is 1.08. The summed E-state index contributed by atoms with van der Waals surface area (Å²) >= 11 is 0. The van der Waals surface area contributed by atoms with Crippen molar-refractivity contribution < 1.29 is 4.74 Å². The Morgan fingerprint density at radius 2 is 2.00 bits per heavy atom. The van der Waals surface area contributed by atoms with Crippen molar-refractivity contribution in [1.82, 2.24) is 9.97 Å². The Morgan fingerprint density at radius 1 is 1.10 bits per heavy atom. The van der Waals surface area contributed by atoms with Gasteiger partial charge in [-0.15, -0.1) is 0 Å². The van der Waals surface area contributed by atoms with Gasteiger partial charge in [-0.25, -0.2) is 0 Å². The van der Waals surface area contributed by atoms with Gasteiger partial charge in [0.05, 0.1) is 24.9 Å². The lowest BCUT2D eigenvalue weighted by Crippen LogP contribution is -2.12. The highest BCUT2D eigenvalue weighted by Gasteiger charge is 2.11. The van der Waals surface area contributed by atoms with Crippen molar-refractivity contribution >= 4 is 10.9 Å². The Labute approximate surface area is 117 Å². The van der Waals surface area contributed by atoms with E-state index in [9.17, 15) is 0 Å². The van der Waals surface area contributed by atoms with Gasteiger partial charge in [-0.1, -0.05) is 12.1 Å². The number of fused-ring (bicyclic) bond motifs is 1. The molecule has 0 bridgehead atoms. The standard InChI is InChI=1S/C16H15N3O/c1-20-14-8-13(9-18-10-14)16(17)12-4-5-15-11(7-12)3-2-6-19-15/h2-10,16H,17H2,1H3. The second-order valence-electron chi connectivity index (χ2n) is 4.59. The smallest absolute Gasteiger partial charge is 0.137 e. The zero-order valence-electron chi connectivity index (χ0n) is 11.2. The lowest BCUT2D eigenvalue weighted by Gasteiger charge is -2.13. The fourth-order valence-corrected chi connectivity index (χ4v) is 2.20. The molecule has 3 aromatic rings. The molecule has 2 heterocycles. The number of ether oxygens (including phenoxy) is 1. The first kappa shape index (κ1) is 12.6. The summed E-state index contributed by atoms with van der Waals surface area (Å²) in [7, 11) is 1.62. The number of nitrogens with two attached hydrogens (primary N) is 1. The van der Waals surface area contributed by atoms with Crippen LogP contribution in [0.5, 0.6) is 5.75 Å². The summed E-state index contributed by atoms with van der Waals surface area (Å²) in [6.07, 6.45) is 5.22. The first-order valence-corrected chi connectivity index (χ1v) is 6.37. The van der Waals surface area contributed by atoms with Crippen molar-refractivity contribution in [3.8, 4) is 5.75 Å². The van der Waals surface area contributed by atoms with Crippen molar-refractivity contribution in [3.05, 3.63) is 66.1 Å². The summed E-state index contributed by atoms with van der Waals surface area (Å²) in [5.41, 5.74) is 9.23. The molecule has 0 saturated heterocycles. The zero-order chi connectivity index (χ0) is 13.9. The number of nitrogens with zero attached hydrogens (tertiary/aromatic N) is 2. The molecule has 4 heteroatoms. The quantitative estimate of drug-likeness (QED) is 0.791. The van der Waals surface area contributed by atoms with E-state index in [0.29, 0.717) is 5.75 Å². The van der Waals surface area contributed by atoms with E-state index in [1.807, 2.05) is 30.3 Å². The van der Waals surface area contributed by atoms with Crippen LogP contribution in [-0.2, 0) is 0 Å². The van der Waals surface area contributed by atoms with Crippen LogP contribution >= 0.6 is 0 Å². The molecule has 4 nitrogen and oxygen atoms in total. The monoisotopic (exact) mass is 265 g/mol. The molecule has 2 aromatic heterocycles. The summed E-state index contributed by atoms with van der Waals surface area (Å²) in [6, 6.07) is 11.7. The van der Waals surface area contributed by atoms with Crippen LogP contribution in [0.2, 0.25) is 0 Å². The third kappa shape index (κ3) is 2.33. The summed E-state index contributed by atoms with van der Waals surface area (Å²) < 4.78 is 5.18. The van der Waals surface area contributed by atoms with E-state index >= 15 is 0 Å². The van der Waals surface area contributed by atoms with E-state index < -0.39 is 0 Å². The fourth-order valence-electron chi connectivity index (χ4n) is 2.20. The molecular formula is C16H15N3O. The SMILES string of the molecule is COc1cncc(C(N)c2ccc3ncccc3c2)c1. The van der Waals surface area contributed by atoms with Crippen LogP contribution in [0.25, 0.3) is 10.9 Å². The number of hydrogen-bond donors (Lipinski definition) is 1. The third-order valence-corrected chi connectivity index (χ3v) is 3.32. The van der Waals surface area contributed by atoms with E-state index in [2.05, 4.69) is 16.0 Å². The highest BCUT2D eigenvalue weighted by atomic mass is 16.5. The molecule has 0 amide bonds. The van der Waals surface area contributed by atoms with Crippen LogP contribution in [0.1, 0.15) is 17.2 Å². The second kappa shape index (κ2) is 5.27. The van der Waals surface area contributed by atoms with E-state index in [1.54, 1.807) is 25.7 Å². The van der Waals surface area contributed by atoms with E-state index in [1.165, 1.54) is 0 Å². The van der Waals surface area contributed by atoms with Gasteiger partial charge in [0, 0.05) is 17.8 Å². The molecule has 2 N–H and O–H groups in total. The van der Waals surface area contributed by atoms with Crippen LogP contribution < -0.4 is 10.5 Å². The molecule has 1 aromatic carbocycles. The maximum atomic E-state index is 6.31. The van der Waals surface area contributed by atoms with Crippen LogP contribution in [0.4, 0.5) is 0 Å². The van der Waals surface area contributed by atoms with Crippen molar-refractivity contribution in [2.45, 2.75) is 6.04 Å². The molecule has 0 aliphatic rings. The van der Waals surface area contributed by atoms with Crippen LogP contribution in [0.15, 0.2) is 55.0 Å². The Morgan fingerprint density at radius 3 is 2.85 bits per heavy atom. The predicted molar refractivity (Wildman–Crippen MR) is 78.6 cm³/mol. The minimum absolute atomic E-state index is 0.234. The lowest BCUT2D eigenvalue weighted by molar-refractivity contribution is 0.412. The van der Waals surface area contributed by atoms with Gasteiger partial charge in [0.25, 0.3) is 0 Å². The first-order chi connectivity index (χ1) is 9.78. The summed E-state index contributed by atoms with van der Waals surface area (Å²) in [6.45, 7) is 0. The number of hydrogen-bond acceptors (Lipinski definition) is 4. The van der Waals surface area contributed by atoms with E-state index in [-0.39, 0.29) is 6.04 Å². The van der Waals surface area contributed by atoms with Gasteiger partial charge in [-0.3, -0.25) is 9.97 Å². The number of methoxy groups -OCH3 is 1. The molecule has 100 valence electrons. The fraction of sp³-hybridized carbons (Fsp3) is 0.125. The van der Waals surface area contributed by atoms with Crippen molar-refractivity contribution in [2.75, 3.05) is 7.11 Å². The third-order valence-electron chi connectivity index (χ3n) is 3.32. The average molecular weight is 265 g/mol. The Kier molecular flexibility index (Phi) is 3.31. The molecule has 0 fully saturated rings. The van der Waals surface area contributed by atoms with E-state index in [4.69, 9.17) is 10.5 Å². The predicted octanol–water partition coefficient (Wildman–Crippen LogP) is 2.69. The highest BCUT2D eigenvalue weighted by molar-refractivity contribution is 5.79. The van der Waals surface area contributed by atoms with Gasteiger partial charge in [-0.2, -0.15) is 0 Å². The van der Waals surface area contributed by atoms with Gasteiger partial charge in [-0.05, 0) is 35.4 Å². The first-order valence-electron chi connectivity index (χ1n) is 6.37. The van der Waals surface area contributed by atoms with Crippen molar-refractivity contribution in [3.63, 3.8) is 0 Å². The van der Waals surface area contributed by atoms with Gasteiger partial charge < -0.3 is 10.5 Å². The maximum absolute atomic E-state index is 6.31. The Bertz CT molecular complexity index is 742. The van der Waals surface area contributed by atoms with Gasteiger partial charge in [0.1, 0.15) is 5.75 Å². The normalized spacial score (nSPS) is 12.3. The summed E-state index contributed by atoms with van der Waals surface area (Å²) in [5.74, 6) is 0.709. The van der Waals surface area contributed by atoms with Gasteiger partial charge in [0.15, 0.2) is 0 Å². The molecule has 3 rings (SSSR count). The molecule has 0 radical (unpaired) electrons. The average Bonchev–Trinajstić information content (AvgIpc) is 2.53. The minimum Gasteiger partial charge on any atom is -0.495 e. The van der Waals surface area contributed by atoms with Gasteiger partial charge >= 0.3 is 0 Å². The molecule has 20 heavy (non-hydrogen) atoms. The number of pyridine rings is 2. The molecule has 0 saturated carbocycles. The molecule has 1 atom stereocenters. The van der Waals surface area contributed by atoms with Crippen molar-refractivity contribution in [1.29, 1.82) is 0 Å². The maximum Gasteiger partial charge on any atom is 0.137 e. The topological polar surface area (TPSA) is 61.0 Å². The summed E-state index contributed by atoms with van der Waals surface area (Å²) in [4.78, 5) is 8.46. The lowest BCUT2D eigenvalue weighted by atomic mass is 9.99. The van der Waals surface area contributed by atoms with Crippen LogP contribution in [0.3, 0.4) is 0 Å². The molecular weight excluding hydrogens is 250 g/mol. The zero-order valence-corrected chi connectivity index (χ0v) is 11.2. The molecule has 0 spiro atoms. The van der Waals surface area contributed by atoms with Crippen LogP contribution in [0, 0.1) is 0 Å². The number of rotatable bonds is 3. The minimum atomic E-state index is -0.234. The van der Waals surface area contributed by atoms with E-state index in [0.717, 1.165) is 22.0 Å². The highest BCUT2D eigenvalue weighted by Crippen LogP contribution is 2.24. The second-order valence-corrected chi connectivity index (χ2v) is 4.59. The molecule has 1 unspecified atom stereocenters. The molecule has 0 aliphatic carbocycles. The Balaban J connectivity index is 2.00. The number of aromatic nitrogens is 2.